The topological polar surface area (TPSA) is 108 Å². The van der Waals surface area contributed by atoms with E-state index in [9.17, 15) is 13.2 Å². The third-order valence-corrected chi connectivity index (χ3v) is 10.7. The maximum atomic E-state index is 13.6. The van der Waals surface area contributed by atoms with Crippen molar-refractivity contribution in [2.45, 2.75) is 76.7 Å². The number of carbonyl (C=O) groups is 1. The Labute approximate surface area is 254 Å². The number of aromatic nitrogens is 2. The van der Waals surface area contributed by atoms with Crippen molar-refractivity contribution >= 4 is 33.3 Å². The average molecular weight is 619 g/mol. The number of benzene rings is 1. The Bertz CT molecular complexity index is 1360. The number of hydrogen-bond acceptors (Lipinski definition) is 8. The zero-order valence-electron chi connectivity index (χ0n) is 25.1. The van der Waals surface area contributed by atoms with E-state index in [1.807, 2.05) is 43.0 Å². The summed E-state index contributed by atoms with van der Waals surface area (Å²) < 4.78 is 31.6. The molecule has 0 spiro atoms. The molecule has 3 fully saturated rings. The van der Waals surface area contributed by atoms with E-state index < -0.39 is 10.0 Å². The number of nitrogens with one attached hydrogen (secondary N) is 1. The molecule has 1 N–H and O–H groups in total. The zero-order valence-corrected chi connectivity index (χ0v) is 26.6. The molecule has 12 heteroatoms. The highest BCUT2D eigenvalue weighted by Crippen LogP contribution is 2.33. The third-order valence-electron chi connectivity index (χ3n) is 9.11. The summed E-state index contributed by atoms with van der Waals surface area (Å²) in [4.78, 5) is 27.1. The highest BCUT2D eigenvalue weighted by Gasteiger charge is 2.33. The second kappa shape index (κ2) is 13.1. The van der Waals surface area contributed by atoms with Crippen molar-refractivity contribution in [3.8, 4) is 0 Å². The molecule has 4 heterocycles. The van der Waals surface area contributed by atoms with Gasteiger partial charge in [-0.2, -0.15) is 0 Å². The maximum Gasteiger partial charge on any atom is 0.272 e. The Morgan fingerprint density at radius 3 is 2.33 bits per heavy atom. The van der Waals surface area contributed by atoms with Gasteiger partial charge in [0.1, 0.15) is 17.3 Å². The Morgan fingerprint density at radius 2 is 1.69 bits per heavy atom. The van der Waals surface area contributed by atoms with Gasteiger partial charge in [0.15, 0.2) is 0 Å². The molecular formula is C30H43ClN6O4S. The highest BCUT2D eigenvalue weighted by atomic mass is 35.5. The van der Waals surface area contributed by atoms with E-state index >= 15 is 0 Å². The van der Waals surface area contributed by atoms with E-state index in [4.69, 9.17) is 16.3 Å². The van der Waals surface area contributed by atoms with Gasteiger partial charge in [-0.3, -0.25) is 4.79 Å². The molecule has 2 unspecified atom stereocenters. The number of rotatable bonds is 8. The fourth-order valence-corrected chi connectivity index (χ4v) is 7.35. The van der Waals surface area contributed by atoms with Crippen molar-refractivity contribution in [1.82, 2.24) is 24.1 Å². The Balaban J connectivity index is 1.13. The van der Waals surface area contributed by atoms with Crippen LogP contribution < -0.4 is 5.32 Å². The monoisotopic (exact) mass is 618 g/mol. The molecule has 2 atom stereocenters. The van der Waals surface area contributed by atoms with Gasteiger partial charge in [0.2, 0.25) is 10.0 Å². The van der Waals surface area contributed by atoms with E-state index in [2.05, 4.69) is 20.2 Å². The van der Waals surface area contributed by atoms with E-state index in [0.717, 1.165) is 67.8 Å². The molecule has 0 saturated carbocycles. The minimum Gasteiger partial charge on any atom is -0.368 e. The van der Waals surface area contributed by atoms with Crippen LogP contribution in [0.5, 0.6) is 0 Å². The molecule has 0 radical (unpaired) electrons. The van der Waals surface area contributed by atoms with E-state index in [1.165, 1.54) is 10.6 Å². The molecule has 2 aromatic rings. The van der Waals surface area contributed by atoms with Crippen LogP contribution in [0.15, 0.2) is 24.3 Å². The van der Waals surface area contributed by atoms with Crippen LogP contribution in [0, 0.1) is 13.8 Å². The Kier molecular flexibility index (Phi) is 9.73. The standard InChI is InChI=1S/C30H43ClN6O4S/c1-20-28(30(38)37-17-13-25(14-18-37)36-15-11-24(12-16-36)35(3)42(4,39)40)33-21(2)34-29(20)32-19-26-9-10-27(41-26)22-5-7-23(31)8-6-22/h5-8,24-27H,9-19H2,1-4H3,(H,32,33,34). The molecule has 1 aromatic carbocycles. The van der Waals surface area contributed by atoms with Crippen molar-refractivity contribution in [1.29, 1.82) is 0 Å². The van der Waals surface area contributed by atoms with Crippen LogP contribution in [-0.2, 0) is 14.8 Å². The number of nitrogens with zero attached hydrogens (tertiary/aromatic N) is 5. The fraction of sp³-hybridized carbons (Fsp3) is 0.633. The van der Waals surface area contributed by atoms with Gasteiger partial charge < -0.3 is 19.9 Å². The third kappa shape index (κ3) is 7.24. The lowest BCUT2D eigenvalue weighted by molar-refractivity contribution is 0.0521. The van der Waals surface area contributed by atoms with Gasteiger partial charge in [-0.1, -0.05) is 23.7 Å². The number of amides is 1. The summed E-state index contributed by atoms with van der Waals surface area (Å²) >= 11 is 6.03. The van der Waals surface area contributed by atoms with Crippen molar-refractivity contribution in [3.63, 3.8) is 0 Å². The molecule has 1 aromatic heterocycles. The number of sulfonamides is 1. The maximum absolute atomic E-state index is 13.6. The number of ether oxygens (including phenoxy) is 1. The number of piperidine rings is 2. The summed E-state index contributed by atoms with van der Waals surface area (Å²) in [6.07, 6.45) is 6.76. The minimum atomic E-state index is -3.17. The van der Waals surface area contributed by atoms with Crippen LogP contribution in [0.4, 0.5) is 5.82 Å². The van der Waals surface area contributed by atoms with E-state index in [1.54, 1.807) is 7.05 Å². The quantitative estimate of drug-likeness (QED) is 0.472. The van der Waals surface area contributed by atoms with Crippen molar-refractivity contribution < 1.29 is 17.9 Å². The molecule has 0 bridgehead atoms. The average Bonchev–Trinajstić information content (AvgIpc) is 3.46. The van der Waals surface area contributed by atoms with Gasteiger partial charge in [0, 0.05) is 49.4 Å². The normalized spacial score (nSPS) is 23.0. The SMILES string of the molecule is Cc1nc(NCC2CCC(c3ccc(Cl)cc3)O2)c(C)c(C(=O)N2CCC(N3CCC(N(C)S(C)(=O)=O)CC3)CC2)n1. The van der Waals surface area contributed by atoms with Gasteiger partial charge in [-0.05, 0) is 83.2 Å². The van der Waals surface area contributed by atoms with Crippen molar-refractivity contribution in [2.24, 2.45) is 0 Å². The van der Waals surface area contributed by atoms with Gasteiger partial charge in [-0.25, -0.2) is 22.7 Å². The number of hydrogen-bond donors (Lipinski definition) is 1. The first kappa shape index (κ1) is 31.1. The van der Waals surface area contributed by atoms with Crippen LogP contribution in [0.1, 0.15) is 72.1 Å². The molecule has 3 aliphatic heterocycles. The Morgan fingerprint density at radius 1 is 1.02 bits per heavy atom. The summed E-state index contributed by atoms with van der Waals surface area (Å²) in [5, 5.41) is 4.15. The number of aryl methyl sites for hydroxylation is 1. The summed E-state index contributed by atoms with van der Waals surface area (Å²) in [7, 11) is -1.50. The van der Waals surface area contributed by atoms with Crippen LogP contribution >= 0.6 is 11.6 Å². The largest absolute Gasteiger partial charge is 0.368 e. The van der Waals surface area contributed by atoms with Crippen molar-refractivity contribution in [3.05, 3.63) is 51.9 Å². The lowest BCUT2D eigenvalue weighted by Crippen LogP contribution is -2.52. The van der Waals surface area contributed by atoms with Crippen LogP contribution in [-0.4, -0.2) is 103 Å². The molecule has 230 valence electrons. The number of carbonyl (C=O) groups excluding carboxylic acids is 1. The smallest absolute Gasteiger partial charge is 0.272 e. The predicted octanol–water partition coefficient (Wildman–Crippen LogP) is 4.04. The second-order valence-electron chi connectivity index (χ2n) is 11.9. The number of anilines is 1. The van der Waals surface area contributed by atoms with E-state index in [0.29, 0.717) is 43.0 Å². The molecule has 3 saturated heterocycles. The van der Waals surface area contributed by atoms with Gasteiger partial charge in [-0.15, -0.1) is 0 Å². The summed E-state index contributed by atoms with van der Waals surface area (Å²) in [5.41, 5.74) is 2.35. The lowest BCUT2D eigenvalue weighted by atomic mass is 9.97. The molecule has 0 aliphatic carbocycles. The summed E-state index contributed by atoms with van der Waals surface area (Å²) in [5.74, 6) is 1.20. The molecule has 42 heavy (non-hydrogen) atoms. The first-order chi connectivity index (χ1) is 20.0. The van der Waals surface area contributed by atoms with Gasteiger partial charge in [0.05, 0.1) is 18.5 Å². The highest BCUT2D eigenvalue weighted by molar-refractivity contribution is 7.88. The first-order valence-electron chi connectivity index (χ1n) is 15.0. The van der Waals surface area contributed by atoms with Gasteiger partial charge >= 0.3 is 0 Å². The van der Waals surface area contributed by atoms with Crippen LogP contribution in [0.3, 0.4) is 0 Å². The summed E-state index contributed by atoms with van der Waals surface area (Å²) in [6.45, 7) is 7.46. The number of halogens is 1. The van der Waals surface area contributed by atoms with Crippen molar-refractivity contribution in [2.75, 3.05) is 51.3 Å². The first-order valence-corrected chi connectivity index (χ1v) is 17.2. The Hall–Kier alpha value is -2.31. The van der Waals surface area contributed by atoms with Crippen LogP contribution in [0.2, 0.25) is 5.02 Å². The fourth-order valence-electron chi connectivity index (χ4n) is 6.47. The summed E-state index contributed by atoms with van der Waals surface area (Å²) in [6, 6.07) is 8.30. The van der Waals surface area contributed by atoms with Crippen LogP contribution in [0.25, 0.3) is 0 Å². The predicted molar refractivity (Wildman–Crippen MR) is 164 cm³/mol. The minimum absolute atomic E-state index is 0.0482. The number of likely N-dealkylation sites (tertiary alicyclic amines) is 2. The zero-order chi connectivity index (χ0) is 30.0. The van der Waals surface area contributed by atoms with Gasteiger partial charge in [0.25, 0.3) is 5.91 Å². The molecule has 5 rings (SSSR count). The van der Waals surface area contributed by atoms with E-state index in [-0.39, 0.29) is 24.2 Å². The molecule has 10 nitrogen and oxygen atoms in total. The molecule has 3 aliphatic rings. The molecule has 1 amide bonds. The molecular weight excluding hydrogens is 576 g/mol. The second-order valence-corrected chi connectivity index (χ2v) is 14.4. The lowest BCUT2D eigenvalue weighted by Gasteiger charge is -2.43.